The number of nitrogens with zero attached hydrogens (tertiary/aromatic N) is 1. The zero-order valence-electron chi connectivity index (χ0n) is 11.7. The molecule has 0 atom stereocenters. The first-order valence-corrected chi connectivity index (χ1v) is 7.46. The van der Waals surface area contributed by atoms with E-state index in [4.69, 9.17) is 17.0 Å². The second-order valence-corrected chi connectivity index (χ2v) is 5.48. The molecule has 5 nitrogen and oxygen atoms in total. The largest absolute Gasteiger partial charge is 0.387 e. The van der Waals surface area contributed by atoms with Crippen LogP contribution >= 0.6 is 11.6 Å². The molecule has 1 aromatic rings. The van der Waals surface area contributed by atoms with Crippen LogP contribution in [0.3, 0.4) is 0 Å². The van der Waals surface area contributed by atoms with Gasteiger partial charge in [0.2, 0.25) is 0 Å². The van der Waals surface area contributed by atoms with E-state index < -0.39 is 0 Å². The number of aldehydes is 1. The van der Waals surface area contributed by atoms with Crippen molar-refractivity contribution in [1.82, 2.24) is 10.3 Å². The van der Waals surface area contributed by atoms with Gasteiger partial charge in [-0.05, 0) is 25.0 Å². The summed E-state index contributed by atoms with van der Waals surface area (Å²) in [7, 11) is 0. The Hall–Kier alpha value is -1.88. The number of hydrogen-bond acceptors (Lipinski definition) is 4. The number of nitrogens with one attached hydrogen (secondary N) is 3. The van der Waals surface area contributed by atoms with Gasteiger partial charge in [0.15, 0.2) is 6.29 Å². The number of hydrogen-bond donors (Lipinski definition) is 3. The molecule has 21 heavy (non-hydrogen) atoms. The summed E-state index contributed by atoms with van der Waals surface area (Å²) >= 11 is 5.70. The molecule has 1 fully saturated rings. The Morgan fingerprint density at radius 2 is 2.10 bits per heavy atom. The van der Waals surface area contributed by atoms with Crippen LogP contribution in [0.4, 0.5) is 5.69 Å². The second-order valence-electron chi connectivity index (χ2n) is 5.09. The average molecular weight is 307 g/mol. The van der Waals surface area contributed by atoms with Gasteiger partial charge in [-0.15, -0.1) is 0 Å². The molecular formula is C15H19ClN4O. The van der Waals surface area contributed by atoms with Gasteiger partial charge in [-0.1, -0.05) is 30.9 Å². The number of carbonyl (C=O) groups is 1. The van der Waals surface area contributed by atoms with Crippen molar-refractivity contribution in [3.63, 3.8) is 0 Å². The number of carbonyl (C=O) groups excluding carboxylic acids is 1. The van der Waals surface area contributed by atoms with Crippen LogP contribution in [0.15, 0.2) is 30.1 Å². The number of halogens is 1. The van der Waals surface area contributed by atoms with E-state index in [9.17, 15) is 4.79 Å². The zero-order valence-corrected chi connectivity index (χ0v) is 12.5. The summed E-state index contributed by atoms with van der Waals surface area (Å²) in [6, 6.07) is 3.74. The van der Waals surface area contributed by atoms with Gasteiger partial charge >= 0.3 is 0 Å². The third-order valence-corrected chi connectivity index (χ3v) is 3.72. The third kappa shape index (κ3) is 4.86. The van der Waals surface area contributed by atoms with Crippen molar-refractivity contribution >= 4 is 29.4 Å². The molecule has 1 aliphatic carbocycles. The highest BCUT2D eigenvalue weighted by molar-refractivity contribution is 6.29. The minimum atomic E-state index is 0.0393. The Labute approximate surface area is 129 Å². The van der Waals surface area contributed by atoms with E-state index in [-0.39, 0.29) is 11.4 Å². The molecular weight excluding hydrogens is 288 g/mol. The van der Waals surface area contributed by atoms with Crippen LogP contribution in [0.25, 0.3) is 0 Å². The molecule has 6 heteroatoms. The highest BCUT2D eigenvalue weighted by atomic mass is 35.5. The van der Waals surface area contributed by atoms with E-state index in [1.807, 2.05) is 0 Å². The maximum Gasteiger partial charge on any atom is 0.155 e. The van der Waals surface area contributed by atoms with E-state index >= 15 is 0 Å². The van der Waals surface area contributed by atoms with Gasteiger partial charge in [-0.2, -0.15) is 0 Å². The Balaban J connectivity index is 1.93. The topological polar surface area (TPSA) is 77.9 Å². The Kier molecular flexibility index (Phi) is 5.75. The van der Waals surface area contributed by atoms with E-state index in [0.717, 1.165) is 12.8 Å². The van der Waals surface area contributed by atoms with Crippen molar-refractivity contribution < 1.29 is 4.79 Å². The van der Waals surface area contributed by atoms with Gasteiger partial charge in [-0.25, -0.2) is 4.98 Å². The summed E-state index contributed by atoms with van der Waals surface area (Å²) in [6.07, 6.45) is 9.77. The second kappa shape index (κ2) is 7.78. The summed E-state index contributed by atoms with van der Waals surface area (Å²) in [5.74, 6) is 0.0393. The van der Waals surface area contributed by atoms with Gasteiger partial charge in [0.25, 0.3) is 0 Å². The normalized spacial score (nSPS) is 16.3. The van der Waals surface area contributed by atoms with Crippen LogP contribution in [0, 0.1) is 5.41 Å². The summed E-state index contributed by atoms with van der Waals surface area (Å²) < 4.78 is 0. The molecule has 3 N–H and O–H groups in total. The van der Waals surface area contributed by atoms with Gasteiger partial charge in [0.05, 0.1) is 17.5 Å². The number of amidine groups is 1. The van der Waals surface area contributed by atoms with Crippen LogP contribution in [0.1, 0.15) is 32.1 Å². The minimum absolute atomic E-state index is 0.0393. The summed E-state index contributed by atoms with van der Waals surface area (Å²) in [6.45, 7) is 0. The number of anilines is 1. The lowest BCUT2D eigenvalue weighted by atomic mass is 9.96. The lowest BCUT2D eigenvalue weighted by Crippen LogP contribution is -2.28. The molecule has 0 spiro atoms. The maximum absolute atomic E-state index is 11.1. The van der Waals surface area contributed by atoms with Crippen LogP contribution in [0.5, 0.6) is 0 Å². The van der Waals surface area contributed by atoms with E-state index in [1.54, 1.807) is 18.3 Å². The summed E-state index contributed by atoms with van der Waals surface area (Å²) in [5.41, 5.74) is 0.908. The fourth-order valence-electron chi connectivity index (χ4n) is 2.31. The van der Waals surface area contributed by atoms with Crippen LogP contribution in [0.2, 0.25) is 5.15 Å². The van der Waals surface area contributed by atoms with Crippen molar-refractivity contribution in [3.05, 3.63) is 35.3 Å². The molecule has 1 aromatic heterocycles. The minimum Gasteiger partial charge on any atom is -0.387 e. The van der Waals surface area contributed by atoms with E-state index in [0.29, 0.717) is 23.2 Å². The van der Waals surface area contributed by atoms with Gasteiger partial charge < -0.3 is 10.6 Å². The summed E-state index contributed by atoms with van der Waals surface area (Å²) in [5, 5.41) is 14.4. The van der Waals surface area contributed by atoms with Crippen molar-refractivity contribution in [2.45, 2.75) is 38.1 Å². The molecule has 0 aliphatic heterocycles. The molecule has 0 bridgehead atoms. The zero-order chi connectivity index (χ0) is 15.1. The quantitative estimate of drug-likeness (QED) is 0.257. The lowest BCUT2D eigenvalue weighted by molar-refractivity contribution is -0.104. The molecule has 1 aliphatic rings. The maximum atomic E-state index is 11.1. The Morgan fingerprint density at radius 3 is 2.71 bits per heavy atom. The predicted molar refractivity (Wildman–Crippen MR) is 84.8 cm³/mol. The standard InChI is InChI=1S/C15H19ClN4O/c16-14-7-6-13(9-19-14)20-15(17)11(10-21)8-18-12-4-2-1-3-5-12/h6-10,12,18H,1-5H2,(H2,17,20)/b11-8-. The molecule has 0 unspecified atom stereocenters. The van der Waals surface area contributed by atoms with Gasteiger partial charge in [0.1, 0.15) is 11.0 Å². The van der Waals surface area contributed by atoms with E-state index in [1.165, 1.54) is 25.5 Å². The molecule has 112 valence electrons. The highest BCUT2D eigenvalue weighted by Gasteiger charge is 2.12. The number of rotatable bonds is 5. The fraction of sp³-hybridized carbons (Fsp3) is 0.400. The molecule has 1 saturated carbocycles. The van der Waals surface area contributed by atoms with Crippen LogP contribution < -0.4 is 10.6 Å². The van der Waals surface area contributed by atoms with Crippen molar-refractivity contribution in [2.24, 2.45) is 0 Å². The molecule has 2 rings (SSSR count). The van der Waals surface area contributed by atoms with Crippen molar-refractivity contribution in [3.8, 4) is 0 Å². The average Bonchev–Trinajstić information content (AvgIpc) is 2.51. The number of pyridine rings is 1. The molecule has 0 saturated heterocycles. The first-order valence-electron chi connectivity index (χ1n) is 7.08. The highest BCUT2D eigenvalue weighted by Crippen LogP contribution is 2.17. The van der Waals surface area contributed by atoms with E-state index in [2.05, 4.69) is 15.6 Å². The SMILES string of the molecule is N=C(Nc1ccc(Cl)nc1)/C(C=O)=C\NC1CCCCC1. The smallest absolute Gasteiger partial charge is 0.155 e. The Morgan fingerprint density at radius 1 is 1.33 bits per heavy atom. The van der Waals surface area contributed by atoms with Gasteiger partial charge in [0, 0.05) is 12.2 Å². The third-order valence-electron chi connectivity index (χ3n) is 3.49. The molecule has 0 aromatic carbocycles. The van der Waals surface area contributed by atoms with Crippen LogP contribution in [-0.4, -0.2) is 23.1 Å². The first kappa shape index (κ1) is 15.5. The predicted octanol–water partition coefficient (Wildman–Crippen LogP) is 3.13. The summed E-state index contributed by atoms with van der Waals surface area (Å²) in [4.78, 5) is 15.1. The monoisotopic (exact) mass is 306 g/mol. The molecule has 0 amide bonds. The Bertz CT molecular complexity index is 521. The molecule has 1 heterocycles. The lowest BCUT2D eigenvalue weighted by Gasteiger charge is -2.22. The van der Waals surface area contributed by atoms with Gasteiger partial charge in [-0.3, -0.25) is 10.2 Å². The van der Waals surface area contributed by atoms with Crippen molar-refractivity contribution in [2.75, 3.05) is 5.32 Å². The van der Waals surface area contributed by atoms with Crippen LogP contribution in [-0.2, 0) is 4.79 Å². The number of aromatic nitrogens is 1. The first-order chi connectivity index (χ1) is 10.2. The van der Waals surface area contributed by atoms with Crippen molar-refractivity contribution in [1.29, 1.82) is 5.41 Å². The fourth-order valence-corrected chi connectivity index (χ4v) is 2.42. The molecule has 0 radical (unpaired) electrons.